The third-order valence-electron chi connectivity index (χ3n) is 5.11. The molecule has 21 heavy (non-hydrogen) atoms. The summed E-state index contributed by atoms with van der Waals surface area (Å²) in [6, 6.07) is 7.00. The number of aliphatic hydroxyl groups excluding tert-OH is 1. The first-order valence-electron chi connectivity index (χ1n) is 7.75. The summed E-state index contributed by atoms with van der Waals surface area (Å²) in [5.74, 6) is 0.973. The maximum atomic E-state index is 13.4. The molecule has 0 heterocycles. The molecule has 1 fully saturated rings. The molecule has 0 bridgehead atoms. The molecule has 0 amide bonds. The fourth-order valence-corrected chi connectivity index (χ4v) is 3.43. The molecule has 1 saturated carbocycles. The minimum atomic E-state index is -0.838. The molecular weight excluding hydrogens is 265 g/mol. The van der Waals surface area contributed by atoms with Crippen LogP contribution in [0.3, 0.4) is 0 Å². The van der Waals surface area contributed by atoms with Crippen LogP contribution >= 0.6 is 0 Å². The summed E-state index contributed by atoms with van der Waals surface area (Å²) >= 11 is 0. The van der Waals surface area contributed by atoms with Crippen molar-refractivity contribution in [1.82, 2.24) is 0 Å². The summed E-state index contributed by atoms with van der Waals surface area (Å²) in [7, 11) is 0. The number of aliphatic hydroxyl groups is 1. The average molecular weight is 289 g/mol. The number of benzene rings is 1. The molecule has 0 aliphatic heterocycles. The Kier molecular flexibility index (Phi) is 4.68. The lowest BCUT2D eigenvalue weighted by Crippen LogP contribution is -2.33. The number of aryl methyl sites for hydroxylation is 1. The van der Waals surface area contributed by atoms with Crippen molar-refractivity contribution in [2.45, 2.75) is 52.6 Å². The van der Waals surface area contributed by atoms with E-state index >= 15 is 0 Å². The summed E-state index contributed by atoms with van der Waals surface area (Å²) in [6.45, 7) is 6.11. The first-order chi connectivity index (χ1) is 9.89. The molecule has 0 spiro atoms. The Morgan fingerprint density at radius 2 is 1.95 bits per heavy atom. The number of nitrogens with zero attached hydrogens (tertiary/aromatic N) is 1. The molecule has 0 aromatic heterocycles. The van der Waals surface area contributed by atoms with E-state index in [0.717, 1.165) is 12.8 Å². The van der Waals surface area contributed by atoms with Crippen LogP contribution in [-0.2, 0) is 0 Å². The lowest BCUT2D eigenvalue weighted by atomic mass is 9.65. The zero-order valence-corrected chi connectivity index (χ0v) is 13.1. The molecule has 114 valence electrons. The minimum Gasteiger partial charge on any atom is -0.387 e. The van der Waals surface area contributed by atoms with Crippen molar-refractivity contribution in [1.29, 1.82) is 5.26 Å². The molecule has 1 aliphatic rings. The van der Waals surface area contributed by atoms with Crippen molar-refractivity contribution in [3.8, 4) is 6.07 Å². The molecule has 1 unspecified atom stereocenters. The Hall–Kier alpha value is -1.40. The van der Waals surface area contributed by atoms with Crippen LogP contribution in [-0.4, -0.2) is 5.11 Å². The predicted molar refractivity (Wildman–Crippen MR) is 80.9 cm³/mol. The van der Waals surface area contributed by atoms with E-state index in [4.69, 9.17) is 0 Å². The highest BCUT2D eigenvalue weighted by molar-refractivity contribution is 5.29. The van der Waals surface area contributed by atoms with E-state index in [-0.39, 0.29) is 5.82 Å². The van der Waals surface area contributed by atoms with E-state index in [1.807, 2.05) is 0 Å². The second-order valence-corrected chi connectivity index (χ2v) is 6.76. The smallest absolute Gasteiger partial charge is 0.126 e. The minimum absolute atomic E-state index is 0.277. The van der Waals surface area contributed by atoms with Gasteiger partial charge in [0, 0.05) is 0 Å². The van der Waals surface area contributed by atoms with Crippen molar-refractivity contribution in [3.63, 3.8) is 0 Å². The molecule has 0 radical (unpaired) electrons. The standard InChI is InChI=1S/C18H24FNO/c1-12(2)14-6-8-18(11-20,9-7-14)17(21)15-4-5-16(19)13(3)10-15/h4-5,10,12,14,17,21H,6-9H2,1-3H3. The second kappa shape index (κ2) is 6.15. The highest BCUT2D eigenvalue weighted by Gasteiger charge is 2.42. The molecule has 0 saturated heterocycles. The highest BCUT2D eigenvalue weighted by Crippen LogP contribution is 2.48. The maximum absolute atomic E-state index is 13.4. The lowest BCUT2D eigenvalue weighted by molar-refractivity contribution is 0.0189. The van der Waals surface area contributed by atoms with Crippen LogP contribution in [0.4, 0.5) is 4.39 Å². The largest absolute Gasteiger partial charge is 0.387 e. The highest BCUT2D eigenvalue weighted by atomic mass is 19.1. The zero-order valence-electron chi connectivity index (χ0n) is 13.1. The van der Waals surface area contributed by atoms with E-state index in [2.05, 4.69) is 19.9 Å². The van der Waals surface area contributed by atoms with Crippen LogP contribution < -0.4 is 0 Å². The van der Waals surface area contributed by atoms with Crippen molar-refractivity contribution in [3.05, 3.63) is 35.1 Å². The van der Waals surface area contributed by atoms with Gasteiger partial charge in [0.05, 0.1) is 17.6 Å². The van der Waals surface area contributed by atoms with Gasteiger partial charge in [0.15, 0.2) is 0 Å². The quantitative estimate of drug-likeness (QED) is 0.888. The van der Waals surface area contributed by atoms with E-state index in [0.29, 0.717) is 35.8 Å². The molecule has 2 rings (SSSR count). The van der Waals surface area contributed by atoms with Gasteiger partial charge in [-0.1, -0.05) is 26.0 Å². The number of rotatable bonds is 3. The maximum Gasteiger partial charge on any atom is 0.126 e. The Morgan fingerprint density at radius 3 is 2.43 bits per heavy atom. The molecule has 1 aromatic carbocycles. The Morgan fingerprint density at radius 1 is 1.33 bits per heavy atom. The predicted octanol–water partition coefficient (Wildman–Crippen LogP) is 4.52. The van der Waals surface area contributed by atoms with Gasteiger partial charge in [-0.25, -0.2) is 4.39 Å². The van der Waals surface area contributed by atoms with Crippen LogP contribution in [0.15, 0.2) is 18.2 Å². The van der Waals surface area contributed by atoms with Gasteiger partial charge in [0.25, 0.3) is 0 Å². The fraction of sp³-hybridized carbons (Fsp3) is 0.611. The third kappa shape index (κ3) is 3.11. The average Bonchev–Trinajstić information content (AvgIpc) is 2.49. The summed E-state index contributed by atoms with van der Waals surface area (Å²) < 4.78 is 13.4. The zero-order chi connectivity index (χ0) is 15.6. The summed E-state index contributed by atoms with van der Waals surface area (Å²) in [4.78, 5) is 0. The molecule has 1 aromatic rings. The van der Waals surface area contributed by atoms with Gasteiger partial charge < -0.3 is 5.11 Å². The molecule has 1 N–H and O–H groups in total. The summed E-state index contributed by atoms with van der Waals surface area (Å²) in [5, 5.41) is 20.3. The van der Waals surface area contributed by atoms with E-state index in [9.17, 15) is 14.8 Å². The van der Waals surface area contributed by atoms with Crippen molar-refractivity contribution >= 4 is 0 Å². The van der Waals surface area contributed by atoms with Gasteiger partial charge in [-0.2, -0.15) is 5.26 Å². The fourth-order valence-electron chi connectivity index (χ4n) is 3.43. The normalized spacial score (nSPS) is 27.4. The second-order valence-electron chi connectivity index (χ2n) is 6.76. The third-order valence-corrected chi connectivity index (χ3v) is 5.11. The van der Waals surface area contributed by atoms with Crippen molar-refractivity contribution in [2.75, 3.05) is 0 Å². The van der Waals surface area contributed by atoms with Gasteiger partial charge >= 0.3 is 0 Å². The van der Waals surface area contributed by atoms with Gasteiger partial charge in [-0.05, 0) is 61.6 Å². The Labute approximate surface area is 126 Å². The first kappa shape index (κ1) is 16.0. The SMILES string of the molecule is Cc1cc(C(O)C2(C#N)CCC(C(C)C)CC2)ccc1F. The Bertz CT molecular complexity index is 539. The van der Waals surface area contributed by atoms with Gasteiger partial charge in [0.1, 0.15) is 5.82 Å². The van der Waals surface area contributed by atoms with E-state index < -0.39 is 11.5 Å². The molecule has 2 nitrogen and oxygen atoms in total. The number of nitriles is 1. The number of hydrogen-bond donors (Lipinski definition) is 1. The first-order valence-corrected chi connectivity index (χ1v) is 7.75. The monoisotopic (exact) mass is 289 g/mol. The number of hydrogen-bond acceptors (Lipinski definition) is 2. The van der Waals surface area contributed by atoms with Gasteiger partial charge in [-0.15, -0.1) is 0 Å². The Balaban J connectivity index is 2.21. The van der Waals surface area contributed by atoms with Gasteiger partial charge in [0.2, 0.25) is 0 Å². The topological polar surface area (TPSA) is 44.0 Å². The molecule has 1 atom stereocenters. The number of halogens is 1. The van der Waals surface area contributed by atoms with Crippen LogP contribution in [0.25, 0.3) is 0 Å². The van der Waals surface area contributed by atoms with E-state index in [1.54, 1.807) is 19.1 Å². The molecule has 1 aliphatic carbocycles. The summed E-state index contributed by atoms with van der Waals surface area (Å²) in [6.07, 6.45) is 2.54. The molecule has 3 heteroatoms. The van der Waals surface area contributed by atoms with Crippen LogP contribution in [0.2, 0.25) is 0 Å². The van der Waals surface area contributed by atoms with Crippen molar-refractivity contribution in [2.24, 2.45) is 17.3 Å². The van der Waals surface area contributed by atoms with Gasteiger partial charge in [-0.3, -0.25) is 0 Å². The summed E-state index contributed by atoms with van der Waals surface area (Å²) in [5.41, 5.74) is 0.435. The van der Waals surface area contributed by atoms with E-state index in [1.165, 1.54) is 6.07 Å². The van der Waals surface area contributed by atoms with Crippen molar-refractivity contribution < 1.29 is 9.50 Å². The van der Waals surface area contributed by atoms with Crippen LogP contribution in [0, 0.1) is 41.3 Å². The lowest BCUT2D eigenvalue weighted by Gasteiger charge is -2.39. The van der Waals surface area contributed by atoms with Crippen LogP contribution in [0.5, 0.6) is 0 Å². The van der Waals surface area contributed by atoms with Crippen LogP contribution in [0.1, 0.15) is 56.8 Å². The molecular formula is C18H24FNO.